The minimum absolute atomic E-state index is 0. The molecule has 1 heterocycles. The molecule has 0 aromatic rings. The molecule has 0 amide bonds. The van der Waals surface area contributed by atoms with E-state index in [1.165, 1.54) is 0 Å². The molecule has 1 aliphatic rings. The number of aliphatic hydroxyl groups is 2. The quantitative estimate of drug-likeness (QED) is 0.179. The number of piperidine rings is 1. The van der Waals surface area contributed by atoms with E-state index < -0.39 is 59.1 Å². The first-order valence-electron chi connectivity index (χ1n) is 9.41. The number of aliphatic carboxylic acids is 2. The van der Waals surface area contributed by atoms with Gasteiger partial charge < -0.3 is 28.0 Å². The zero-order valence-electron chi connectivity index (χ0n) is 21.9. The van der Waals surface area contributed by atoms with Gasteiger partial charge in [-0.3, -0.25) is 14.4 Å². The number of hydroxylamine groups is 2. The number of carbonyl (C=O) groups is 3. The Morgan fingerprint density at radius 3 is 1.81 bits per heavy atom. The number of carboxylic acids is 2. The van der Waals surface area contributed by atoms with Gasteiger partial charge in [0, 0.05) is 23.9 Å². The second-order valence-corrected chi connectivity index (χ2v) is 9.61. The number of hydrogen-bond donors (Lipinski definition) is 4. The number of carboxylic acid groups (broad SMARTS) is 2. The maximum absolute atomic E-state index is 12.3. The van der Waals surface area contributed by atoms with Crippen LogP contribution in [0.2, 0.25) is 0 Å². The molecule has 1 fully saturated rings. The fourth-order valence-electron chi connectivity index (χ4n) is 3.76. The van der Waals surface area contributed by atoms with Crippen LogP contribution >= 0.6 is 0 Å². The molecule has 1 atom stereocenters. The third kappa shape index (κ3) is 11.2. The minimum atomic E-state index is -2.73. The Hall–Kier alpha value is 1.52. The maximum Gasteiger partial charge on any atom is 1.00 e. The normalized spacial score (nSPS) is 20.5. The summed E-state index contributed by atoms with van der Waals surface area (Å²) in [7, 11) is 0. The first kappa shape index (κ1) is 34.7. The number of nitrogens with zero attached hydrogens (tertiary/aromatic N) is 1. The Morgan fingerprint density at radius 2 is 1.45 bits per heavy atom. The summed E-state index contributed by atoms with van der Waals surface area (Å²) in [5.74, 6) is -4.33. The van der Waals surface area contributed by atoms with Crippen LogP contribution in [0.4, 0.5) is 0 Å². The van der Waals surface area contributed by atoms with Crippen LogP contribution in [0.1, 0.15) is 70.1 Å². The molecule has 0 aliphatic carbocycles. The van der Waals surface area contributed by atoms with Crippen molar-refractivity contribution in [2.75, 3.05) is 6.61 Å². The summed E-state index contributed by atoms with van der Waals surface area (Å²) in [6.07, 6.45) is -1.95. The van der Waals surface area contributed by atoms with Crippen LogP contribution in [0.3, 0.4) is 0 Å². The van der Waals surface area contributed by atoms with Crippen LogP contribution < -0.4 is 103 Å². The maximum atomic E-state index is 12.3. The molecule has 1 rings (SSSR count). The average molecular weight is 500 g/mol. The van der Waals surface area contributed by atoms with Gasteiger partial charge in [0.05, 0.1) is 25.0 Å². The fraction of sp³-hybridized carbons (Fsp3) is 0.842. The molecule has 10 nitrogen and oxygen atoms in total. The molecule has 0 aromatic carbocycles. The Labute approximate surface area is 271 Å². The molecule has 0 aromatic heterocycles. The van der Waals surface area contributed by atoms with Crippen molar-refractivity contribution in [2.24, 2.45) is 0 Å². The summed E-state index contributed by atoms with van der Waals surface area (Å²) in [5.41, 5.74) is -4.92. The second kappa shape index (κ2) is 13.0. The van der Waals surface area contributed by atoms with E-state index in [1.54, 1.807) is 18.9 Å². The third-order valence-electron chi connectivity index (χ3n) is 4.68. The van der Waals surface area contributed by atoms with Crippen molar-refractivity contribution in [3.63, 3.8) is 0 Å². The van der Waals surface area contributed by atoms with Crippen LogP contribution in [0, 0.1) is 0 Å². The van der Waals surface area contributed by atoms with E-state index >= 15 is 0 Å². The summed E-state index contributed by atoms with van der Waals surface area (Å²) in [5, 5.41) is 39.6. The Balaban J connectivity index is -0.00000105. The van der Waals surface area contributed by atoms with Crippen LogP contribution in [-0.4, -0.2) is 78.4 Å². The number of carbonyl (C=O) groups excluding carboxylic acids is 1. The van der Waals surface area contributed by atoms with Crippen molar-refractivity contribution in [2.45, 2.75) is 95.6 Å². The molecule has 1 saturated heterocycles. The van der Waals surface area contributed by atoms with Crippen molar-refractivity contribution >= 4 is 17.9 Å². The number of ether oxygens (including phenoxy) is 1. The Morgan fingerprint density at radius 1 is 1.00 bits per heavy atom. The number of hydrogen-bond acceptors (Lipinski definition) is 8. The van der Waals surface area contributed by atoms with Gasteiger partial charge in [-0.15, -0.1) is 0 Å². The van der Waals surface area contributed by atoms with E-state index in [4.69, 9.17) is 19.8 Å². The topological polar surface area (TPSA) is 154 Å². The molecule has 0 spiro atoms. The number of esters is 1. The van der Waals surface area contributed by atoms with Crippen molar-refractivity contribution in [1.82, 2.24) is 5.06 Å². The fourth-order valence-corrected chi connectivity index (χ4v) is 3.76. The Bertz CT molecular complexity index is 642. The zero-order valence-corrected chi connectivity index (χ0v) is 26.1. The van der Waals surface area contributed by atoms with Crippen LogP contribution in [0.25, 0.3) is 0 Å². The minimum Gasteiger partial charge on any atom is -1.00 e. The van der Waals surface area contributed by atoms with Gasteiger partial charge in [0.15, 0.2) is 5.60 Å². The largest absolute Gasteiger partial charge is 1.00 e. The summed E-state index contributed by atoms with van der Waals surface area (Å²) >= 11 is 0. The van der Waals surface area contributed by atoms with Crippen LogP contribution in [0.5, 0.6) is 0 Å². The standard InChI is InChI=1S/C19H33NO9.2K.2H/c1-16(2)7-12(8-17(3,4)20(16)28-11-18(5,6)26)29-14(23)10-19(27,15(24)25)9-13(21)22;;;;/h12,26-27H,7-11H2,1-6H3,(H,21,22)(H,24,25);;;;/q;2*+1;2*-1. The van der Waals surface area contributed by atoms with E-state index in [9.17, 15) is 24.6 Å². The van der Waals surface area contributed by atoms with Gasteiger partial charge >= 0.3 is 121 Å². The predicted octanol–water partition coefficient (Wildman–Crippen LogP) is -4.83. The summed E-state index contributed by atoms with van der Waals surface area (Å²) < 4.78 is 5.40. The zero-order chi connectivity index (χ0) is 22.8. The van der Waals surface area contributed by atoms with Crippen molar-refractivity contribution in [3.8, 4) is 0 Å². The van der Waals surface area contributed by atoms with Gasteiger partial charge in [-0.1, -0.05) is 0 Å². The van der Waals surface area contributed by atoms with Crippen LogP contribution in [-0.2, 0) is 24.0 Å². The first-order chi connectivity index (χ1) is 12.9. The van der Waals surface area contributed by atoms with E-state index in [-0.39, 0.29) is 112 Å². The molecule has 0 radical (unpaired) electrons. The van der Waals surface area contributed by atoms with Crippen molar-refractivity contribution in [1.29, 1.82) is 0 Å². The predicted molar refractivity (Wildman–Crippen MR) is 103 cm³/mol. The molecule has 1 unspecified atom stereocenters. The van der Waals surface area contributed by atoms with E-state index in [2.05, 4.69) is 0 Å². The van der Waals surface area contributed by atoms with Gasteiger partial charge in [-0.05, 0) is 41.5 Å². The van der Waals surface area contributed by atoms with Gasteiger partial charge in [-0.2, -0.15) is 5.06 Å². The third-order valence-corrected chi connectivity index (χ3v) is 4.68. The van der Waals surface area contributed by atoms with Gasteiger partial charge in [0.1, 0.15) is 6.10 Å². The molecule has 31 heavy (non-hydrogen) atoms. The first-order valence-corrected chi connectivity index (χ1v) is 9.41. The van der Waals surface area contributed by atoms with Crippen molar-refractivity contribution in [3.05, 3.63) is 0 Å². The molecule has 1 aliphatic heterocycles. The van der Waals surface area contributed by atoms with Gasteiger partial charge in [0.25, 0.3) is 0 Å². The smallest absolute Gasteiger partial charge is 1.00 e. The molecule has 0 saturated carbocycles. The van der Waals surface area contributed by atoms with Gasteiger partial charge in [0.2, 0.25) is 0 Å². The monoisotopic (exact) mass is 499 g/mol. The Kier molecular flexibility index (Phi) is 14.6. The SMILES string of the molecule is CC(C)(O)CON1C(C)(C)CC(OC(=O)CC(O)(CC(=O)O)C(=O)O)CC1(C)C.[H-].[H-].[K+].[K+]. The van der Waals surface area contributed by atoms with E-state index in [0.29, 0.717) is 12.8 Å². The van der Waals surface area contributed by atoms with E-state index in [0.717, 1.165) is 0 Å². The molecular formula is C19H35K2NO9. The molecule has 172 valence electrons. The average Bonchev–Trinajstić information content (AvgIpc) is 2.41. The summed E-state index contributed by atoms with van der Waals surface area (Å²) in [6.45, 7) is 10.9. The summed E-state index contributed by atoms with van der Waals surface area (Å²) in [4.78, 5) is 40.1. The van der Waals surface area contributed by atoms with Gasteiger partial charge in [-0.25, -0.2) is 4.79 Å². The second-order valence-electron chi connectivity index (χ2n) is 9.61. The number of rotatable bonds is 9. The van der Waals surface area contributed by atoms with Crippen molar-refractivity contribution < 1.29 is 150 Å². The summed E-state index contributed by atoms with van der Waals surface area (Å²) in [6, 6.07) is 0. The van der Waals surface area contributed by atoms with Crippen LogP contribution in [0.15, 0.2) is 0 Å². The molecule has 12 heteroatoms. The molecular weight excluding hydrogens is 464 g/mol. The van der Waals surface area contributed by atoms with E-state index in [1.807, 2.05) is 27.7 Å². The molecule has 4 N–H and O–H groups in total. The molecule has 0 bridgehead atoms.